The van der Waals surface area contributed by atoms with Gasteiger partial charge in [-0.25, -0.2) is 0 Å². The van der Waals surface area contributed by atoms with E-state index >= 15 is 0 Å². The fourth-order valence-corrected chi connectivity index (χ4v) is 1.49. The molecule has 1 rings (SSSR count). The monoisotopic (exact) mass is 246 g/mol. The van der Waals surface area contributed by atoms with Gasteiger partial charge in [0.25, 0.3) is 0 Å². The molecule has 64 valence electrons. The number of halogens is 2. The molecule has 0 bridgehead atoms. The highest BCUT2D eigenvalue weighted by Crippen LogP contribution is 2.21. The smallest absolute Gasteiger partial charge is 0.164 e. The topological polar surface area (TPSA) is 17.1 Å². The van der Waals surface area contributed by atoms with E-state index in [1.165, 1.54) is 0 Å². The average Bonchev–Trinajstić information content (AvgIpc) is 2.08. The van der Waals surface area contributed by atoms with Crippen LogP contribution in [0.4, 0.5) is 0 Å². The Morgan fingerprint density at radius 1 is 1.58 bits per heavy atom. The van der Waals surface area contributed by atoms with Crippen LogP contribution in [0.3, 0.4) is 0 Å². The maximum absolute atomic E-state index is 11.3. The Bertz CT molecular complexity index is 309. The van der Waals surface area contributed by atoms with Crippen molar-refractivity contribution in [2.75, 3.05) is 0 Å². The molecule has 0 radical (unpaired) electrons. The number of carbonyl (C=O) groups excluding carboxylic acids is 1. The van der Waals surface area contributed by atoms with Crippen LogP contribution < -0.4 is 0 Å². The molecule has 0 heterocycles. The fourth-order valence-electron chi connectivity index (χ4n) is 0.902. The van der Waals surface area contributed by atoms with Gasteiger partial charge in [-0.15, -0.1) is 0 Å². The van der Waals surface area contributed by atoms with Crippen LogP contribution in [0.2, 0.25) is 5.02 Å². The minimum Gasteiger partial charge on any atom is -0.294 e. The van der Waals surface area contributed by atoms with Crippen molar-refractivity contribution in [2.45, 2.75) is 13.3 Å². The molecule has 0 aliphatic rings. The molecule has 0 N–H and O–H groups in total. The van der Waals surface area contributed by atoms with Crippen molar-refractivity contribution in [2.24, 2.45) is 0 Å². The molecule has 0 amide bonds. The SMILES string of the molecule is CCC(=O)c1cc(Br)ccc1Cl. The number of rotatable bonds is 2. The zero-order valence-corrected chi connectivity index (χ0v) is 8.95. The summed E-state index contributed by atoms with van der Waals surface area (Å²) in [5.74, 6) is 0.0706. The van der Waals surface area contributed by atoms with Gasteiger partial charge in [-0.1, -0.05) is 34.5 Å². The van der Waals surface area contributed by atoms with Crippen LogP contribution in [0.15, 0.2) is 22.7 Å². The maximum atomic E-state index is 11.3. The van der Waals surface area contributed by atoms with E-state index < -0.39 is 0 Å². The average molecular weight is 248 g/mol. The van der Waals surface area contributed by atoms with Gasteiger partial charge in [0.05, 0.1) is 5.02 Å². The van der Waals surface area contributed by atoms with E-state index in [2.05, 4.69) is 15.9 Å². The predicted octanol–water partition coefficient (Wildman–Crippen LogP) is 3.70. The molecule has 0 aliphatic heterocycles. The highest BCUT2D eigenvalue weighted by atomic mass is 79.9. The number of hydrogen-bond acceptors (Lipinski definition) is 1. The fraction of sp³-hybridized carbons (Fsp3) is 0.222. The first-order chi connectivity index (χ1) is 5.65. The highest BCUT2D eigenvalue weighted by Gasteiger charge is 2.07. The van der Waals surface area contributed by atoms with Gasteiger partial charge in [-0.2, -0.15) is 0 Å². The molecule has 0 saturated heterocycles. The molecule has 0 fully saturated rings. The minimum absolute atomic E-state index is 0.0706. The molecule has 0 saturated carbocycles. The quantitative estimate of drug-likeness (QED) is 0.728. The van der Waals surface area contributed by atoms with Gasteiger partial charge < -0.3 is 0 Å². The summed E-state index contributed by atoms with van der Waals surface area (Å²) in [6.07, 6.45) is 0.482. The number of carbonyl (C=O) groups is 1. The summed E-state index contributed by atoms with van der Waals surface area (Å²) in [7, 11) is 0. The summed E-state index contributed by atoms with van der Waals surface area (Å²) in [6, 6.07) is 5.28. The zero-order chi connectivity index (χ0) is 9.14. The van der Waals surface area contributed by atoms with Crippen LogP contribution in [0.5, 0.6) is 0 Å². The van der Waals surface area contributed by atoms with E-state index in [0.29, 0.717) is 17.0 Å². The zero-order valence-electron chi connectivity index (χ0n) is 6.60. The van der Waals surface area contributed by atoms with Gasteiger partial charge >= 0.3 is 0 Å². The lowest BCUT2D eigenvalue weighted by atomic mass is 10.1. The van der Waals surface area contributed by atoms with Crippen LogP contribution >= 0.6 is 27.5 Å². The first-order valence-corrected chi connectivity index (χ1v) is 4.80. The number of hydrogen-bond donors (Lipinski definition) is 0. The van der Waals surface area contributed by atoms with E-state index in [1.807, 2.05) is 13.0 Å². The first kappa shape index (κ1) is 9.75. The third-order valence-corrected chi connectivity index (χ3v) is 2.37. The van der Waals surface area contributed by atoms with Gasteiger partial charge in [0.15, 0.2) is 5.78 Å². The second-order valence-electron chi connectivity index (χ2n) is 2.40. The molecule has 1 nitrogen and oxygen atoms in total. The molecule has 0 atom stereocenters. The lowest BCUT2D eigenvalue weighted by molar-refractivity contribution is 0.0988. The summed E-state index contributed by atoms with van der Waals surface area (Å²) in [4.78, 5) is 11.3. The second-order valence-corrected chi connectivity index (χ2v) is 3.72. The third-order valence-electron chi connectivity index (χ3n) is 1.55. The van der Waals surface area contributed by atoms with Crippen molar-refractivity contribution < 1.29 is 4.79 Å². The Balaban J connectivity index is 3.13. The largest absolute Gasteiger partial charge is 0.294 e. The van der Waals surface area contributed by atoms with E-state index in [-0.39, 0.29) is 5.78 Å². The van der Waals surface area contributed by atoms with Crippen molar-refractivity contribution in [3.05, 3.63) is 33.3 Å². The van der Waals surface area contributed by atoms with Crippen molar-refractivity contribution in [1.29, 1.82) is 0 Å². The predicted molar refractivity (Wildman–Crippen MR) is 53.8 cm³/mol. The summed E-state index contributed by atoms with van der Waals surface area (Å²) >= 11 is 9.11. The van der Waals surface area contributed by atoms with Crippen molar-refractivity contribution >= 4 is 33.3 Å². The Morgan fingerprint density at radius 2 is 2.25 bits per heavy atom. The minimum atomic E-state index is 0.0706. The van der Waals surface area contributed by atoms with E-state index in [9.17, 15) is 4.79 Å². The number of ketones is 1. The molecule has 3 heteroatoms. The van der Waals surface area contributed by atoms with Gasteiger partial charge in [0.2, 0.25) is 0 Å². The summed E-state index contributed by atoms with van der Waals surface area (Å²) in [6.45, 7) is 1.82. The number of benzene rings is 1. The third kappa shape index (κ3) is 2.08. The Hall–Kier alpha value is -0.340. The van der Waals surface area contributed by atoms with E-state index in [0.717, 1.165) is 4.47 Å². The molecule has 0 aliphatic carbocycles. The molecule has 1 aromatic carbocycles. The normalized spacial score (nSPS) is 9.92. The van der Waals surface area contributed by atoms with Crippen LogP contribution in [0, 0.1) is 0 Å². The summed E-state index contributed by atoms with van der Waals surface area (Å²) < 4.78 is 0.878. The molecular weight excluding hydrogens is 239 g/mol. The Kier molecular flexibility index (Phi) is 3.29. The Labute approximate surface area is 84.9 Å². The van der Waals surface area contributed by atoms with Gasteiger partial charge in [0.1, 0.15) is 0 Å². The Morgan fingerprint density at radius 3 is 2.83 bits per heavy atom. The molecule has 0 spiro atoms. The van der Waals surface area contributed by atoms with Crippen LogP contribution in [-0.4, -0.2) is 5.78 Å². The van der Waals surface area contributed by atoms with Crippen LogP contribution in [-0.2, 0) is 0 Å². The van der Waals surface area contributed by atoms with Crippen molar-refractivity contribution in [3.63, 3.8) is 0 Å². The van der Waals surface area contributed by atoms with Gasteiger partial charge in [0, 0.05) is 16.5 Å². The molecule has 0 unspecified atom stereocenters. The lowest BCUT2D eigenvalue weighted by Crippen LogP contribution is -1.97. The van der Waals surface area contributed by atoms with Crippen molar-refractivity contribution in [1.82, 2.24) is 0 Å². The van der Waals surface area contributed by atoms with Crippen LogP contribution in [0.25, 0.3) is 0 Å². The molecule has 12 heavy (non-hydrogen) atoms. The van der Waals surface area contributed by atoms with Crippen molar-refractivity contribution in [3.8, 4) is 0 Å². The molecular formula is C9H8BrClO. The van der Waals surface area contributed by atoms with E-state index in [1.54, 1.807) is 12.1 Å². The molecule has 0 aromatic heterocycles. The lowest BCUT2D eigenvalue weighted by Gasteiger charge is -2.01. The standard InChI is InChI=1S/C9H8BrClO/c1-2-9(12)7-5-6(10)3-4-8(7)11/h3-5H,2H2,1H3. The second kappa shape index (κ2) is 4.06. The number of Topliss-reactive ketones (excluding diaryl/α,β-unsaturated/α-hetero) is 1. The summed E-state index contributed by atoms with van der Waals surface area (Å²) in [5, 5.41) is 0.519. The first-order valence-electron chi connectivity index (χ1n) is 3.63. The summed E-state index contributed by atoms with van der Waals surface area (Å²) in [5.41, 5.74) is 0.591. The molecule has 1 aromatic rings. The van der Waals surface area contributed by atoms with Crippen LogP contribution in [0.1, 0.15) is 23.7 Å². The van der Waals surface area contributed by atoms with E-state index in [4.69, 9.17) is 11.6 Å². The highest BCUT2D eigenvalue weighted by molar-refractivity contribution is 9.10. The van der Waals surface area contributed by atoms with Gasteiger partial charge in [-0.3, -0.25) is 4.79 Å². The van der Waals surface area contributed by atoms with Gasteiger partial charge in [-0.05, 0) is 18.2 Å². The maximum Gasteiger partial charge on any atom is 0.164 e.